The van der Waals surface area contributed by atoms with Crippen LogP contribution < -0.4 is 10.3 Å². The fourth-order valence-electron chi connectivity index (χ4n) is 2.16. The zero-order chi connectivity index (χ0) is 15.2. The van der Waals surface area contributed by atoms with Crippen molar-refractivity contribution in [1.82, 2.24) is 4.57 Å². The Balaban J connectivity index is 2.55. The summed E-state index contributed by atoms with van der Waals surface area (Å²) in [6.07, 6.45) is 0. The minimum Gasteiger partial charge on any atom is -0.497 e. The number of benzene rings is 1. The van der Waals surface area contributed by atoms with Gasteiger partial charge in [-0.25, -0.2) is 0 Å². The molecule has 0 saturated carbocycles. The Hall–Kier alpha value is -1.78. The molecular formula is C16H18ClNO3. The highest BCUT2D eigenvalue weighted by Crippen LogP contribution is 2.23. The number of pyridine rings is 1. The molecule has 21 heavy (non-hydrogen) atoms. The van der Waals surface area contributed by atoms with Crippen molar-refractivity contribution in [3.8, 4) is 17.0 Å². The van der Waals surface area contributed by atoms with Gasteiger partial charge in [0.25, 0.3) is 5.56 Å². The van der Waals surface area contributed by atoms with Crippen molar-refractivity contribution in [2.75, 3.05) is 20.8 Å². The summed E-state index contributed by atoms with van der Waals surface area (Å²) in [6, 6.07) is 11.3. The third-order valence-electron chi connectivity index (χ3n) is 3.28. The molecule has 4 nitrogen and oxygen atoms in total. The molecule has 0 amide bonds. The van der Waals surface area contributed by atoms with Crippen LogP contribution in [0.5, 0.6) is 5.75 Å². The Morgan fingerprint density at radius 1 is 1.19 bits per heavy atom. The zero-order valence-corrected chi connectivity index (χ0v) is 12.9. The quantitative estimate of drug-likeness (QED) is 0.771. The summed E-state index contributed by atoms with van der Waals surface area (Å²) >= 11 is 5.82. The number of hydrogen-bond acceptors (Lipinski definition) is 3. The van der Waals surface area contributed by atoms with Gasteiger partial charge in [0.2, 0.25) is 0 Å². The van der Waals surface area contributed by atoms with Crippen molar-refractivity contribution in [2.24, 2.45) is 0 Å². The van der Waals surface area contributed by atoms with Gasteiger partial charge < -0.3 is 14.0 Å². The molecule has 2 aromatic rings. The van der Waals surface area contributed by atoms with E-state index in [2.05, 4.69) is 0 Å². The van der Waals surface area contributed by atoms with E-state index < -0.39 is 0 Å². The van der Waals surface area contributed by atoms with Crippen molar-refractivity contribution >= 4 is 11.6 Å². The minimum atomic E-state index is -0.0811. The van der Waals surface area contributed by atoms with Gasteiger partial charge in [0.1, 0.15) is 5.75 Å². The Kier molecular flexibility index (Phi) is 5.42. The van der Waals surface area contributed by atoms with Crippen LogP contribution in [0.3, 0.4) is 0 Å². The first-order valence-corrected chi connectivity index (χ1v) is 7.16. The maximum atomic E-state index is 12.4. The van der Waals surface area contributed by atoms with Crippen molar-refractivity contribution in [3.63, 3.8) is 0 Å². The molecule has 0 saturated heterocycles. The zero-order valence-electron chi connectivity index (χ0n) is 12.1. The molecule has 2 rings (SSSR count). The van der Waals surface area contributed by atoms with Crippen LogP contribution in [0.2, 0.25) is 0 Å². The molecule has 5 heteroatoms. The average molecular weight is 308 g/mol. The molecule has 0 radical (unpaired) electrons. The molecule has 0 aliphatic carbocycles. The Labute approximate surface area is 128 Å². The number of methoxy groups -OCH3 is 2. The predicted molar refractivity (Wildman–Crippen MR) is 84.1 cm³/mol. The van der Waals surface area contributed by atoms with Gasteiger partial charge in [-0.2, -0.15) is 0 Å². The molecule has 0 spiro atoms. The third-order valence-corrected chi connectivity index (χ3v) is 3.57. The second-order valence-corrected chi connectivity index (χ2v) is 4.83. The summed E-state index contributed by atoms with van der Waals surface area (Å²) < 4.78 is 12.0. The van der Waals surface area contributed by atoms with E-state index >= 15 is 0 Å². The molecule has 1 aromatic carbocycles. The fraction of sp³-hybridized carbons (Fsp3) is 0.312. The van der Waals surface area contributed by atoms with Crippen molar-refractivity contribution in [1.29, 1.82) is 0 Å². The maximum absolute atomic E-state index is 12.4. The Morgan fingerprint density at radius 2 is 2.00 bits per heavy atom. The van der Waals surface area contributed by atoms with E-state index in [1.54, 1.807) is 24.9 Å². The highest BCUT2D eigenvalue weighted by molar-refractivity contribution is 6.17. The molecule has 0 atom stereocenters. The predicted octanol–water partition coefficient (Wildman–Crippen LogP) is 2.91. The first-order valence-electron chi connectivity index (χ1n) is 6.63. The molecular weight excluding hydrogens is 290 g/mol. The lowest BCUT2D eigenvalue weighted by Crippen LogP contribution is -2.26. The molecule has 1 heterocycles. The van der Waals surface area contributed by atoms with Gasteiger partial charge >= 0.3 is 0 Å². The second-order valence-electron chi connectivity index (χ2n) is 4.56. The molecule has 0 fully saturated rings. The molecule has 112 valence electrons. The van der Waals surface area contributed by atoms with Crippen molar-refractivity contribution < 1.29 is 9.47 Å². The number of aromatic nitrogens is 1. The van der Waals surface area contributed by atoms with Gasteiger partial charge in [-0.1, -0.05) is 18.2 Å². The van der Waals surface area contributed by atoms with E-state index in [1.807, 2.05) is 30.3 Å². The van der Waals surface area contributed by atoms with Gasteiger partial charge in [0, 0.05) is 24.8 Å². The molecule has 0 aliphatic heterocycles. The summed E-state index contributed by atoms with van der Waals surface area (Å²) in [7, 11) is 3.23. The number of rotatable bonds is 6. The van der Waals surface area contributed by atoms with Crippen LogP contribution in [0.15, 0.2) is 41.2 Å². The monoisotopic (exact) mass is 307 g/mol. The topological polar surface area (TPSA) is 40.5 Å². The summed E-state index contributed by atoms with van der Waals surface area (Å²) in [6.45, 7) is 0.940. The van der Waals surface area contributed by atoms with E-state index in [0.717, 1.165) is 17.0 Å². The smallest absolute Gasteiger partial charge is 0.255 e. The number of ether oxygens (including phenoxy) is 2. The SMILES string of the molecule is COCCn1c(-c2cccc(OC)c2)ccc(CCl)c1=O. The largest absolute Gasteiger partial charge is 0.497 e. The number of alkyl halides is 1. The Morgan fingerprint density at radius 3 is 2.67 bits per heavy atom. The van der Waals surface area contributed by atoms with E-state index in [-0.39, 0.29) is 11.4 Å². The van der Waals surface area contributed by atoms with Gasteiger partial charge in [0.15, 0.2) is 0 Å². The van der Waals surface area contributed by atoms with Gasteiger partial charge in [-0.05, 0) is 18.2 Å². The molecule has 0 aliphatic rings. The van der Waals surface area contributed by atoms with Gasteiger partial charge in [0.05, 0.1) is 25.3 Å². The van der Waals surface area contributed by atoms with Gasteiger partial charge in [-0.15, -0.1) is 11.6 Å². The normalized spacial score (nSPS) is 10.6. The first-order chi connectivity index (χ1) is 10.2. The standard InChI is InChI=1S/C16H18ClNO3/c1-20-9-8-18-15(7-6-13(11-17)16(18)19)12-4-3-5-14(10-12)21-2/h3-7,10H,8-9,11H2,1-2H3. The highest BCUT2D eigenvalue weighted by atomic mass is 35.5. The van der Waals surface area contributed by atoms with Crippen LogP contribution in [0.1, 0.15) is 5.56 Å². The van der Waals surface area contributed by atoms with Crippen molar-refractivity contribution in [2.45, 2.75) is 12.4 Å². The number of halogens is 1. The summed E-state index contributed by atoms with van der Waals surface area (Å²) in [5.41, 5.74) is 2.25. The molecule has 0 unspecified atom stereocenters. The fourth-order valence-corrected chi connectivity index (χ4v) is 2.37. The second kappa shape index (κ2) is 7.29. The molecule has 0 bridgehead atoms. The minimum absolute atomic E-state index is 0.0811. The lowest BCUT2D eigenvalue weighted by molar-refractivity contribution is 0.186. The molecule has 0 N–H and O–H groups in total. The first kappa shape index (κ1) is 15.6. The Bertz CT molecular complexity index is 667. The van der Waals surface area contributed by atoms with E-state index in [9.17, 15) is 4.79 Å². The van der Waals surface area contributed by atoms with Gasteiger partial charge in [-0.3, -0.25) is 4.79 Å². The van der Waals surface area contributed by atoms with Crippen LogP contribution in [0.4, 0.5) is 0 Å². The summed E-state index contributed by atoms with van der Waals surface area (Å²) in [5.74, 6) is 0.948. The van der Waals surface area contributed by atoms with Crippen LogP contribution in [-0.4, -0.2) is 25.4 Å². The lowest BCUT2D eigenvalue weighted by Gasteiger charge is -2.14. The summed E-state index contributed by atoms with van der Waals surface area (Å²) in [4.78, 5) is 12.4. The highest BCUT2D eigenvalue weighted by Gasteiger charge is 2.10. The third kappa shape index (κ3) is 3.46. The average Bonchev–Trinajstić information content (AvgIpc) is 2.53. The van der Waals surface area contributed by atoms with Crippen molar-refractivity contribution in [3.05, 3.63) is 52.3 Å². The van der Waals surface area contributed by atoms with E-state index in [4.69, 9.17) is 21.1 Å². The molecule has 1 aromatic heterocycles. The van der Waals surface area contributed by atoms with Crippen LogP contribution in [0, 0.1) is 0 Å². The van der Waals surface area contributed by atoms with E-state index in [0.29, 0.717) is 18.7 Å². The summed E-state index contributed by atoms with van der Waals surface area (Å²) in [5, 5.41) is 0. The number of hydrogen-bond donors (Lipinski definition) is 0. The maximum Gasteiger partial charge on any atom is 0.255 e. The lowest BCUT2D eigenvalue weighted by atomic mass is 10.1. The number of nitrogens with zero attached hydrogens (tertiary/aromatic N) is 1. The van der Waals surface area contributed by atoms with Crippen LogP contribution in [-0.2, 0) is 17.2 Å². The van der Waals surface area contributed by atoms with Crippen LogP contribution >= 0.6 is 11.6 Å². The van der Waals surface area contributed by atoms with E-state index in [1.165, 1.54) is 0 Å². The van der Waals surface area contributed by atoms with Crippen LogP contribution in [0.25, 0.3) is 11.3 Å².